The molecule has 3 rings (SSSR count). The van der Waals surface area contributed by atoms with E-state index in [1.54, 1.807) is 6.92 Å². The number of aryl methyl sites for hydroxylation is 1. The van der Waals surface area contributed by atoms with E-state index in [-0.39, 0.29) is 25.7 Å². The zero-order valence-corrected chi connectivity index (χ0v) is 20.0. The molecule has 180 valence electrons. The second-order valence-electron chi connectivity index (χ2n) is 8.48. The Balaban J connectivity index is 1.93. The van der Waals surface area contributed by atoms with Gasteiger partial charge in [-0.3, -0.25) is 24.8 Å². The molecule has 34 heavy (non-hydrogen) atoms. The maximum atomic E-state index is 13.6. The number of anilines is 1. The lowest BCUT2D eigenvalue weighted by Crippen LogP contribution is -2.49. The molecule has 8 heteroatoms. The standard InChI is InChI=1S/C26H31N3O5/c1-5-33-22(30)15-29-23-18(4)10-9-13-20(23)21(14-17(2)3)27-24(25(29)31)28-26(32)34-16-19-11-7-6-8-12-19/h6-13,17,24H,5,14-16H2,1-4H3,(H,28,32)/t24-/m1/s1. The maximum Gasteiger partial charge on any atom is 0.409 e. The van der Waals surface area contributed by atoms with E-state index in [0.29, 0.717) is 17.8 Å². The van der Waals surface area contributed by atoms with Crippen LogP contribution in [0.4, 0.5) is 10.5 Å². The van der Waals surface area contributed by atoms with Crippen LogP contribution in [0.25, 0.3) is 0 Å². The van der Waals surface area contributed by atoms with Crippen molar-refractivity contribution in [1.29, 1.82) is 0 Å². The number of hydrogen-bond donors (Lipinski definition) is 1. The molecule has 0 saturated carbocycles. The van der Waals surface area contributed by atoms with E-state index >= 15 is 0 Å². The summed E-state index contributed by atoms with van der Waals surface area (Å²) in [6, 6.07) is 14.9. The van der Waals surface area contributed by atoms with Crippen LogP contribution in [-0.2, 0) is 25.7 Å². The van der Waals surface area contributed by atoms with Crippen LogP contribution < -0.4 is 10.2 Å². The number of rotatable bonds is 8. The first-order valence-electron chi connectivity index (χ1n) is 11.4. The Labute approximate surface area is 200 Å². The Morgan fingerprint density at radius 2 is 1.82 bits per heavy atom. The molecule has 2 aromatic rings. The highest BCUT2D eigenvalue weighted by atomic mass is 16.5. The van der Waals surface area contributed by atoms with Gasteiger partial charge in [0.15, 0.2) is 0 Å². The topological polar surface area (TPSA) is 97.3 Å². The number of esters is 1. The molecule has 0 aliphatic carbocycles. The summed E-state index contributed by atoms with van der Waals surface area (Å²) in [5, 5.41) is 2.58. The molecule has 1 heterocycles. The van der Waals surface area contributed by atoms with E-state index in [4.69, 9.17) is 9.47 Å². The molecular weight excluding hydrogens is 434 g/mol. The zero-order chi connectivity index (χ0) is 24.7. The van der Waals surface area contributed by atoms with Gasteiger partial charge >= 0.3 is 12.1 Å². The first-order valence-corrected chi connectivity index (χ1v) is 11.4. The van der Waals surface area contributed by atoms with Gasteiger partial charge in [-0.1, -0.05) is 62.4 Å². The third-order valence-electron chi connectivity index (χ3n) is 5.26. The number of carbonyl (C=O) groups is 3. The molecule has 0 radical (unpaired) electrons. The molecule has 0 saturated heterocycles. The van der Waals surface area contributed by atoms with Crippen LogP contribution in [-0.4, -0.2) is 43.0 Å². The molecular formula is C26H31N3O5. The van der Waals surface area contributed by atoms with Crippen LogP contribution >= 0.6 is 0 Å². The van der Waals surface area contributed by atoms with Gasteiger partial charge in [-0.05, 0) is 37.3 Å². The van der Waals surface area contributed by atoms with Crippen molar-refractivity contribution in [2.24, 2.45) is 10.9 Å². The van der Waals surface area contributed by atoms with Gasteiger partial charge in [0.2, 0.25) is 6.17 Å². The quantitative estimate of drug-likeness (QED) is 0.595. The minimum atomic E-state index is -1.24. The van der Waals surface area contributed by atoms with Gasteiger partial charge in [-0.2, -0.15) is 0 Å². The lowest BCUT2D eigenvalue weighted by molar-refractivity contribution is -0.142. The number of nitrogens with one attached hydrogen (secondary N) is 1. The number of nitrogens with zero attached hydrogens (tertiary/aromatic N) is 2. The van der Waals surface area contributed by atoms with Gasteiger partial charge in [-0.25, -0.2) is 4.79 Å². The number of carbonyl (C=O) groups excluding carboxylic acids is 3. The Hall–Kier alpha value is -3.68. The summed E-state index contributed by atoms with van der Waals surface area (Å²) < 4.78 is 10.4. The number of amides is 2. The highest BCUT2D eigenvalue weighted by Crippen LogP contribution is 2.31. The van der Waals surface area contributed by atoms with Crippen molar-refractivity contribution < 1.29 is 23.9 Å². The monoisotopic (exact) mass is 465 g/mol. The van der Waals surface area contributed by atoms with E-state index in [0.717, 1.165) is 16.7 Å². The smallest absolute Gasteiger partial charge is 0.409 e. The molecule has 0 bridgehead atoms. The number of aliphatic imine (C=N–C) groups is 1. The van der Waals surface area contributed by atoms with Crippen LogP contribution in [0, 0.1) is 12.8 Å². The van der Waals surface area contributed by atoms with Crippen molar-refractivity contribution in [2.75, 3.05) is 18.1 Å². The Morgan fingerprint density at radius 1 is 1.09 bits per heavy atom. The van der Waals surface area contributed by atoms with Crippen molar-refractivity contribution in [3.63, 3.8) is 0 Å². The molecule has 0 unspecified atom stereocenters. The van der Waals surface area contributed by atoms with Gasteiger partial charge in [-0.15, -0.1) is 0 Å². The van der Waals surface area contributed by atoms with Gasteiger partial charge < -0.3 is 9.47 Å². The molecule has 2 amide bonds. The minimum Gasteiger partial charge on any atom is -0.465 e. The van der Waals surface area contributed by atoms with Gasteiger partial charge in [0.05, 0.1) is 12.3 Å². The molecule has 1 N–H and O–H groups in total. The molecule has 8 nitrogen and oxygen atoms in total. The number of hydrogen-bond acceptors (Lipinski definition) is 6. The summed E-state index contributed by atoms with van der Waals surface area (Å²) in [7, 11) is 0. The van der Waals surface area contributed by atoms with Crippen LogP contribution in [0.3, 0.4) is 0 Å². The molecule has 1 aliphatic rings. The normalized spacial score (nSPS) is 15.3. The van der Waals surface area contributed by atoms with Crippen molar-refractivity contribution in [3.05, 3.63) is 65.2 Å². The molecule has 1 aliphatic heterocycles. The van der Waals surface area contributed by atoms with Gasteiger partial charge in [0, 0.05) is 11.3 Å². The number of ether oxygens (including phenoxy) is 2. The lowest BCUT2D eigenvalue weighted by Gasteiger charge is -2.26. The third-order valence-corrected chi connectivity index (χ3v) is 5.26. The van der Waals surface area contributed by atoms with Crippen LogP contribution in [0.2, 0.25) is 0 Å². The zero-order valence-electron chi connectivity index (χ0n) is 20.0. The summed E-state index contributed by atoms with van der Waals surface area (Å²) >= 11 is 0. The van der Waals surface area contributed by atoms with Crippen molar-refractivity contribution in [2.45, 2.75) is 46.9 Å². The molecule has 2 aromatic carbocycles. The predicted molar refractivity (Wildman–Crippen MR) is 130 cm³/mol. The van der Waals surface area contributed by atoms with Crippen molar-refractivity contribution in [3.8, 4) is 0 Å². The molecule has 0 spiro atoms. The Morgan fingerprint density at radius 3 is 2.50 bits per heavy atom. The second-order valence-corrected chi connectivity index (χ2v) is 8.48. The van der Waals surface area contributed by atoms with Crippen LogP contribution in [0.5, 0.6) is 0 Å². The minimum absolute atomic E-state index is 0.0576. The molecule has 1 atom stereocenters. The number of benzene rings is 2. The summed E-state index contributed by atoms with van der Waals surface area (Å²) in [6.45, 7) is 7.66. The van der Waals surface area contributed by atoms with Gasteiger partial charge in [0.25, 0.3) is 5.91 Å². The van der Waals surface area contributed by atoms with Crippen LogP contribution in [0.15, 0.2) is 53.5 Å². The Kier molecular flexibility index (Phi) is 8.40. The third kappa shape index (κ3) is 6.21. The number of para-hydroxylation sites is 1. The number of benzodiazepines with no additional fused rings is 1. The van der Waals surface area contributed by atoms with Crippen molar-refractivity contribution >= 4 is 29.4 Å². The average molecular weight is 466 g/mol. The SMILES string of the molecule is CCOC(=O)CN1C(=O)[C@@H](NC(=O)OCc2ccccc2)N=C(CC(C)C)c2cccc(C)c21. The summed E-state index contributed by atoms with van der Waals surface area (Å²) in [5.41, 5.74) is 3.68. The first-order chi connectivity index (χ1) is 16.3. The molecule has 0 fully saturated rings. The predicted octanol–water partition coefficient (Wildman–Crippen LogP) is 3.99. The fourth-order valence-electron chi connectivity index (χ4n) is 3.80. The lowest BCUT2D eigenvalue weighted by atomic mass is 9.96. The van der Waals surface area contributed by atoms with Crippen LogP contribution in [0.1, 0.15) is 43.9 Å². The van der Waals surface area contributed by atoms with E-state index in [1.165, 1.54) is 4.90 Å². The van der Waals surface area contributed by atoms with E-state index in [1.807, 2.05) is 55.5 Å². The average Bonchev–Trinajstić information content (AvgIpc) is 2.90. The van der Waals surface area contributed by atoms with Gasteiger partial charge in [0.1, 0.15) is 13.2 Å². The summed E-state index contributed by atoms with van der Waals surface area (Å²) in [5.74, 6) is -0.814. The maximum absolute atomic E-state index is 13.6. The Bertz CT molecular complexity index is 1070. The highest BCUT2D eigenvalue weighted by molar-refractivity contribution is 6.14. The summed E-state index contributed by atoms with van der Waals surface area (Å²) in [4.78, 5) is 44.5. The second kappa shape index (κ2) is 11.4. The van der Waals surface area contributed by atoms with E-state index in [9.17, 15) is 14.4 Å². The number of fused-ring (bicyclic) bond motifs is 1. The largest absolute Gasteiger partial charge is 0.465 e. The van der Waals surface area contributed by atoms with E-state index < -0.39 is 24.1 Å². The number of alkyl carbamates (subject to hydrolysis) is 1. The van der Waals surface area contributed by atoms with E-state index in [2.05, 4.69) is 24.2 Å². The summed E-state index contributed by atoms with van der Waals surface area (Å²) in [6.07, 6.45) is -1.42. The fraction of sp³-hybridized carbons (Fsp3) is 0.385. The highest BCUT2D eigenvalue weighted by Gasteiger charge is 2.35. The fourth-order valence-corrected chi connectivity index (χ4v) is 3.80. The van der Waals surface area contributed by atoms with Crippen molar-refractivity contribution in [1.82, 2.24) is 5.32 Å². The molecule has 0 aromatic heterocycles. The first kappa shape index (κ1) is 25.0.